The van der Waals surface area contributed by atoms with E-state index in [1.807, 2.05) is 0 Å². The summed E-state index contributed by atoms with van der Waals surface area (Å²) < 4.78 is 2.36. The molecule has 0 unspecified atom stereocenters. The summed E-state index contributed by atoms with van der Waals surface area (Å²) in [6.45, 7) is 0.477. The average Bonchev–Trinajstić information content (AvgIpc) is 2.72. The smallest absolute Gasteiger partial charge is 0.270 e. The molecule has 154 valence electrons. The van der Waals surface area contributed by atoms with Crippen LogP contribution in [0, 0.1) is 3.57 Å². The highest BCUT2D eigenvalue weighted by atomic mass is 127. The molecule has 0 fully saturated rings. The molecule has 8 nitrogen and oxygen atoms in total. The van der Waals surface area contributed by atoms with Crippen molar-refractivity contribution in [1.82, 2.24) is 19.5 Å². The van der Waals surface area contributed by atoms with E-state index in [2.05, 4.69) is 42.9 Å². The van der Waals surface area contributed by atoms with Gasteiger partial charge in [0.25, 0.3) is 11.5 Å². The molecule has 1 aliphatic heterocycles. The topological polar surface area (TPSA) is 110 Å². The maximum absolute atomic E-state index is 12.8. The van der Waals surface area contributed by atoms with Gasteiger partial charge in [-0.3, -0.25) is 14.2 Å². The van der Waals surface area contributed by atoms with Gasteiger partial charge in [0, 0.05) is 33.8 Å². The van der Waals surface area contributed by atoms with E-state index in [1.54, 1.807) is 30.6 Å². The fourth-order valence-electron chi connectivity index (χ4n) is 3.08. The second kappa shape index (κ2) is 8.90. The van der Waals surface area contributed by atoms with Crippen LogP contribution in [0.25, 0.3) is 0 Å². The molecule has 0 aliphatic carbocycles. The number of amides is 1. The third kappa shape index (κ3) is 4.30. The second-order valence-electron chi connectivity index (χ2n) is 6.50. The third-order valence-electron chi connectivity index (χ3n) is 4.50. The number of halogens is 2. The molecule has 1 aromatic carbocycles. The van der Waals surface area contributed by atoms with Crippen LogP contribution in [-0.4, -0.2) is 30.5 Å². The Kier molecular flexibility index (Phi) is 6.25. The van der Waals surface area contributed by atoms with Crippen molar-refractivity contribution < 1.29 is 9.90 Å². The monoisotopic (exact) mass is 555 g/mol. The predicted molar refractivity (Wildman–Crippen MR) is 121 cm³/mol. The van der Waals surface area contributed by atoms with Crippen molar-refractivity contribution in [2.75, 3.05) is 5.32 Å². The van der Waals surface area contributed by atoms with E-state index >= 15 is 0 Å². The van der Waals surface area contributed by atoms with Crippen LogP contribution in [0.2, 0.25) is 5.02 Å². The normalized spacial score (nSPS) is 13.0. The first-order chi connectivity index (χ1) is 14.4. The van der Waals surface area contributed by atoms with Crippen molar-refractivity contribution in [1.29, 1.82) is 0 Å². The van der Waals surface area contributed by atoms with Crippen LogP contribution in [0.1, 0.15) is 29.0 Å². The van der Waals surface area contributed by atoms with E-state index in [9.17, 15) is 14.7 Å². The van der Waals surface area contributed by atoms with Crippen LogP contribution in [-0.2, 0) is 13.0 Å². The molecule has 4 rings (SSSR count). The Morgan fingerprint density at radius 2 is 2.03 bits per heavy atom. The van der Waals surface area contributed by atoms with E-state index in [0.717, 1.165) is 16.4 Å². The highest BCUT2D eigenvalue weighted by Gasteiger charge is 2.24. The Morgan fingerprint density at radius 3 is 2.80 bits per heavy atom. The molecule has 0 saturated carbocycles. The Labute approximate surface area is 194 Å². The summed E-state index contributed by atoms with van der Waals surface area (Å²) in [5, 5.41) is 13.6. The molecular weight excluding hydrogens is 541 g/mol. The zero-order valence-corrected chi connectivity index (χ0v) is 19.2. The van der Waals surface area contributed by atoms with Gasteiger partial charge in [-0.15, -0.1) is 0 Å². The molecule has 30 heavy (non-hydrogen) atoms. The Hall–Kier alpha value is -2.18. The molecule has 2 aromatic heterocycles. The summed E-state index contributed by atoms with van der Waals surface area (Å²) in [4.78, 5) is 38.7. The first kappa shape index (κ1) is 21.1. The number of aromatic hydroxyl groups is 1. The highest BCUT2D eigenvalue weighted by molar-refractivity contribution is 14.1. The standard InChI is InChI=1S/C19H15ClIN5O3S/c20-15-11(4-3-5-12(15)30-19-22-8-10(21)9-23-19)24-16(27)14-17(28)25-13-6-1-2-7-26(13)18(14)29/h3-5,8-9,28H,1-2,6-7H2,(H,24,27). The largest absolute Gasteiger partial charge is 0.493 e. The lowest BCUT2D eigenvalue weighted by molar-refractivity contribution is 0.102. The molecule has 11 heteroatoms. The maximum atomic E-state index is 12.8. The molecule has 0 bridgehead atoms. The van der Waals surface area contributed by atoms with Gasteiger partial charge in [-0.1, -0.05) is 17.7 Å². The van der Waals surface area contributed by atoms with Gasteiger partial charge in [0.1, 0.15) is 5.82 Å². The molecule has 3 heterocycles. The number of hydrogen-bond acceptors (Lipinski definition) is 7. The minimum atomic E-state index is -0.763. The lowest BCUT2D eigenvalue weighted by atomic mass is 10.1. The van der Waals surface area contributed by atoms with Crippen molar-refractivity contribution in [2.45, 2.75) is 35.9 Å². The molecule has 2 N–H and O–H groups in total. The lowest BCUT2D eigenvalue weighted by Crippen LogP contribution is -2.34. The molecule has 1 aliphatic rings. The number of aryl methyl sites for hydroxylation is 1. The van der Waals surface area contributed by atoms with Crippen LogP contribution in [0.5, 0.6) is 5.88 Å². The molecule has 0 radical (unpaired) electrons. The number of hydrogen-bond donors (Lipinski definition) is 2. The van der Waals surface area contributed by atoms with Crippen molar-refractivity contribution in [3.05, 3.63) is 60.9 Å². The van der Waals surface area contributed by atoms with Crippen LogP contribution >= 0.6 is 46.0 Å². The first-order valence-corrected chi connectivity index (χ1v) is 11.3. The molecule has 0 saturated heterocycles. The number of carbonyl (C=O) groups excluding carboxylic acids is 1. The quantitative estimate of drug-likeness (QED) is 0.373. The minimum Gasteiger partial charge on any atom is -0.493 e. The zero-order valence-electron chi connectivity index (χ0n) is 15.4. The van der Waals surface area contributed by atoms with Gasteiger partial charge >= 0.3 is 0 Å². The van der Waals surface area contributed by atoms with Gasteiger partial charge in [0.15, 0.2) is 10.7 Å². The zero-order chi connectivity index (χ0) is 21.3. The number of fused-ring (bicyclic) bond motifs is 1. The summed E-state index contributed by atoms with van der Waals surface area (Å²) in [5.41, 5.74) is -0.641. The second-order valence-corrected chi connectivity index (χ2v) is 9.13. The van der Waals surface area contributed by atoms with Gasteiger partial charge < -0.3 is 10.4 Å². The van der Waals surface area contributed by atoms with E-state index in [4.69, 9.17) is 11.6 Å². The fraction of sp³-hybridized carbons (Fsp3) is 0.211. The van der Waals surface area contributed by atoms with E-state index < -0.39 is 22.9 Å². The first-order valence-electron chi connectivity index (χ1n) is 9.02. The van der Waals surface area contributed by atoms with Gasteiger partial charge in [-0.2, -0.15) is 4.98 Å². The summed E-state index contributed by atoms with van der Waals surface area (Å²) >= 11 is 9.83. The number of benzene rings is 1. The lowest BCUT2D eigenvalue weighted by Gasteiger charge is -2.18. The Bertz CT molecular complexity index is 1190. The average molecular weight is 556 g/mol. The number of nitrogens with zero attached hydrogens (tertiary/aromatic N) is 4. The number of nitrogens with one attached hydrogen (secondary N) is 1. The maximum Gasteiger partial charge on any atom is 0.270 e. The van der Waals surface area contributed by atoms with Crippen molar-refractivity contribution in [2.24, 2.45) is 0 Å². The molecule has 1 amide bonds. The van der Waals surface area contributed by atoms with Gasteiger partial charge in [0.2, 0.25) is 5.88 Å². The van der Waals surface area contributed by atoms with E-state index in [-0.39, 0.29) is 5.02 Å². The van der Waals surface area contributed by atoms with Crippen molar-refractivity contribution in [3.63, 3.8) is 0 Å². The summed E-state index contributed by atoms with van der Waals surface area (Å²) in [6, 6.07) is 5.10. The number of rotatable bonds is 4. The molecule has 3 aromatic rings. The van der Waals surface area contributed by atoms with Crippen LogP contribution < -0.4 is 10.9 Å². The third-order valence-corrected chi connectivity index (χ3v) is 6.53. The summed E-state index contributed by atoms with van der Waals surface area (Å²) in [7, 11) is 0. The summed E-state index contributed by atoms with van der Waals surface area (Å²) in [5.74, 6) is -0.839. The highest BCUT2D eigenvalue weighted by Crippen LogP contribution is 2.36. The predicted octanol–water partition coefficient (Wildman–Crippen LogP) is 3.74. The number of carbonyl (C=O) groups is 1. The minimum absolute atomic E-state index is 0.281. The van der Waals surface area contributed by atoms with Gasteiger partial charge in [-0.05, 0) is 59.3 Å². The van der Waals surface area contributed by atoms with Crippen LogP contribution in [0.15, 0.2) is 45.4 Å². The number of aromatic nitrogens is 4. The Balaban J connectivity index is 1.61. The van der Waals surface area contributed by atoms with Crippen molar-refractivity contribution in [3.8, 4) is 5.88 Å². The van der Waals surface area contributed by atoms with Gasteiger partial charge in [0.05, 0.1) is 10.7 Å². The van der Waals surface area contributed by atoms with Gasteiger partial charge in [-0.25, -0.2) is 9.97 Å². The molecule has 0 atom stereocenters. The Morgan fingerprint density at radius 1 is 1.27 bits per heavy atom. The van der Waals surface area contributed by atoms with E-state index in [1.165, 1.54) is 16.3 Å². The number of anilines is 1. The SMILES string of the molecule is O=C(Nc1cccc(Sc2ncc(I)cn2)c1Cl)c1c(O)nc2n(c1=O)CCCC2. The summed E-state index contributed by atoms with van der Waals surface area (Å²) in [6.07, 6.45) is 5.69. The fourth-order valence-corrected chi connectivity index (χ4v) is 4.40. The van der Waals surface area contributed by atoms with Crippen LogP contribution in [0.4, 0.5) is 5.69 Å². The molecular formula is C19H15ClIN5O3S. The van der Waals surface area contributed by atoms with E-state index in [0.29, 0.717) is 34.5 Å². The van der Waals surface area contributed by atoms with Crippen molar-refractivity contribution >= 4 is 57.5 Å². The van der Waals surface area contributed by atoms with Crippen LogP contribution in [0.3, 0.4) is 0 Å². The molecule has 0 spiro atoms.